The van der Waals surface area contributed by atoms with Crippen molar-refractivity contribution in [2.24, 2.45) is 0 Å². The van der Waals surface area contributed by atoms with Gasteiger partial charge in [0.15, 0.2) is 4.67 Å². The molecule has 0 fully saturated rings. The predicted octanol–water partition coefficient (Wildman–Crippen LogP) is 4.48. The highest BCUT2D eigenvalue weighted by atomic mass is 79.9. The molecule has 21 heavy (non-hydrogen) atoms. The Morgan fingerprint density at radius 1 is 1.19 bits per heavy atom. The summed E-state index contributed by atoms with van der Waals surface area (Å²) in [6.45, 7) is 3.00. The summed E-state index contributed by atoms with van der Waals surface area (Å²) in [5, 5.41) is 4.66. The zero-order valence-electron chi connectivity index (χ0n) is 11.8. The first-order valence-corrected chi connectivity index (χ1v) is 7.88. The Morgan fingerprint density at radius 2 is 2.05 bits per heavy atom. The second kappa shape index (κ2) is 6.41. The van der Waals surface area contributed by atoms with Crippen LogP contribution in [0.15, 0.2) is 57.8 Å². The van der Waals surface area contributed by atoms with Gasteiger partial charge in [-0.2, -0.15) is 0 Å². The zero-order chi connectivity index (χ0) is 14.7. The van der Waals surface area contributed by atoms with Crippen molar-refractivity contribution in [3.63, 3.8) is 0 Å². The molecule has 3 aromatic rings. The van der Waals surface area contributed by atoms with Gasteiger partial charge in [0.2, 0.25) is 0 Å². The van der Waals surface area contributed by atoms with Crippen LogP contribution in [0.5, 0.6) is 0 Å². The van der Waals surface area contributed by atoms with E-state index in [0.717, 1.165) is 34.4 Å². The number of pyridine rings is 1. The second-order valence-corrected chi connectivity index (χ2v) is 5.68. The Kier molecular flexibility index (Phi) is 4.36. The molecule has 3 rings (SSSR count). The van der Waals surface area contributed by atoms with Gasteiger partial charge in [-0.05, 0) is 40.7 Å². The summed E-state index contributed by atoms with van der Waals surface area (Å²) in [4.78, 5) is 4.75. The molecule has 108 valence electrons. The molecule has 0 saturated heterocycles. The lowest BCUT2D eigenvalue weighted by Gasteiger charge is -2.16. The molecule has 1 atom stereocenters. The number of rotatable bonds is 5. The molecule has 3 nitrogen and oxygen atoms in total. The quantitative estimate of drug-likeness (QED) is 0.741. The number of nitrogens with one attached hydrogen (secondary N) is 1. The van der Waals surface area contributed by atoms with E-state index in [0.29, 0.717) is 0 Å². The molecular weight excluding hydrogens is 328 g/mol. The van der Waals surface area contributed by atoms with E-state index in [2.05, 4.69) is 52.4 Å². The number of furan rings is 1. The lowest BCUT2D eigenvalue weighted by molar-refractivity contribution is 0.504. The van der Waals surface area contributed by atoms with Crippen LogP contribution in [0.1, 0.15) is 24.2 Å². The van der Waals surface area contributed by atoms with E-state index < -0.39 is 0 Å². The number of aromatic nitrogens is 1. The first kappa shape index (κ1) is 14.3. The van der Waals surface area contributed by atoms with Crippen LogP contribution < -0.4 is 5.32 Å². The fourth-order valence-corrected chi connectivity index (χ4v) is 3.04. The standard InChI is InChI=1S/C17H17BrN2O/c1-2-19-16(14-9-10-21-17(14)18)11-13-8-7-12-5-3-4-6-15(12)20-13/h3-10,16,19H,2,11H2,1H3. The number of halogens is 1. The monoisotopic (exact) mass is 344 g/mol. The van der Waals surface area contributed by atoms with Gasteiger partial charge in [-0.15, -0.1) is 0 Å². The smallest absolute Gasteiger partial charge is 0.173 e. The van der Waals surface area contributed by atoms with Crippen molar-refractivity contribution < 1.29 is 4.42 Å². The minimum absolute atomic E-state index is 0.191. The minimum atomic E-state index is 0.191. The van der Waals surface area contributed by atoms with Crippen molar-refractivity contribution in [1.29, 1.82) is 0 Å². The van der Waals surface area contributed by atoms with Gasteiger partial charge in [-0.3, -0.25) is 4.98 Å². The molecule has 4 heteroatoms. The Bertz CT molecular complexity index is 738. The van der Waals surface area contributed by atoms with Gasteiger partial charge in [0, 0.05) is 29.1 Å². The van der Waals surface area contributed by atoms with E-state index in [-0.39, 0.29) is 6.04 Å². The van der Waals surface area contributed by atoms with Gasteiger partial charge < -0.3 is 9.73 Å². The number of hydrogen-bond acceptors (Lipinski definition) is 3. The zero-order valence-corrected chi connectivity index (χ0v) is 13.4. The van der Waals surface area contributed by atoms with Crippen molar-refractivity contribution in [3.8, 4) is 0 Å². The van der Waals surface area contributed by atoms with Gasteiger partial charge >= 0.3 is 0 Å². The molecule has 2 heterocycles. The third kappa shape index (κ3) is 3.17. The maximum absolute atomic E-state index is 5.36. The lowest BCUT2D eigenvalue weighted by Crippen LogP contribution is -2.23. The fraction of sp³-hybridized carbons (Fsp3) is 0.235. The number of fused-ring (bicyclic) bond motifs is 1. The number of hydrogen-bond donors (Lipinski definition) is 1. The molecule has 0 aliphatic carbocycles. The van der Waals surface area contributed by atoms with E-state index in [4.69, 9.17) is 9.40 Å². The first-order chi connectivity index (χ1) is 10.3. The summed E-state index contributed by atoms with van der Waals surface area (Å²) in [7, 11) is 0. The highest BCUT2D eigenvalue weighted by molar-refractivity contribution is 9.10. The van der Waals surface area contributed by atoms with Crippen LogP contribution >= 0.6 is 15.9 Å². The highest BCUT2D eigenvalue weighted by Gasteiger charge is 2.17. The van der Waals surface area contributed by atoms with Crippen molar-refractivity contribution in [1.82, 2.24) is 10.3 Å². The molecule has 0 spiro atoms. The lowest BCUT2D eigenvalue weighted by atomic mass is 10.0. The van der Waals surface area contributed by atoms with Crippen molar-refractivity contribution >= 4 is 26.8 Å². The number of benzene rings is 1. The molecule has 0 bridgehead atoms. The molecule has 1 unspecified atom stereocenters. The Labute approximate surface area is 132 Å². The van der Waals surface area contributed by atoms with Crippen LogP contribution in [0.25, 0.3) is 10.9 Å². The van der Waals surface area contributed by atoms with E-state index in [9.17, 15) is 0 Å². The van der Waals surface area contributed by atoms with Gasteiger partial charge in [0.05, 0.1) is 11.8 Å². The largest absolute Gasteiger partial charge is 0.457 e. The SMILES string of the molecule is CCNC(Cc1ccc2ccccc2n1)c1ccoc1Br. The third-order valence-corrected chi connectivity index (χ3v) is 4.19. The summed E-state index contributed by atoms with van der Waals surface area (Å²) >= 11 is 3.46. The second-order valence-electron chi connectivity index (χ2n) is 4.96. The Morgan fingerprint density at radius 3 is 2.81 bits per heavy atom. The predicted molar refractivity (Wildman–Crippen MR) is 88.3 cm³/mol. The van der Waals surface area contributed by atoms with Crippen LogP contribution in [-0.4, -0.2) is 11.5 Å². The summed E-state index contributed by atoms with van der Waals surface area (Å²) in [6.07, 6.45) is 2.54. The number of para-hydroxylation sites is 1. The van der Waals surface area contributed by atoms with E-state index in [1.807, 2.05) is 18.2 Å². The van der Waals surface area contributed by atoms with E-state index >= 15 is 0 Å². The molecule has 0 aliphatic rings. The minimum Gasteiger partial charge on any atom is -0.457 e. The molecule has 0 saturated carbocycles. The molecule has 0 aliphatic heterocycles. The maximum atomic E-state index is 5.36. The molecule has 1 aromatic carbocycles. The summed E-state index contributed by atoms with van der Waals surface area (Å²) < 4.78 is 6.14. The highest BCUT2D eigenvalue weighted by Crippen LogP contribution is 2.27. The van der Waals surface area contributed by atoms with Crippen molar-refractivity contribution in [3.05, 3.63) is 64.7 Å². The molecule has 0 radical (unpaired) electrons. The van der Waals surface area contributed by atoms with Gasteiger partial charge in [-0.1, -0.05) is 31.2 Å². The Hall–Kier alpha value is -1.65. The van der Waals surface area contributed by atoms with Gasteiger partial charge in [-0.25, -0.2) is 0 Å². The topological polar surface area (TPSA) is 38.1 Å². The van der Waals surface area contributed by atoms with Crippen LogP contribution in [0, 0.1) is 0 Å². The average Bonchev–Trinajstić information content (AvgIpc) is 2.93. The third-order valence-electron chi connectivity index (χ3n) is 3.54. The Balaban J connectivity index is 1.89. The van der Waals surface area contributed by atoms with Crippen LogP contribution in [-0.2, 0) is 6.42 Å². The van der Waals surface area contributed by atoms with Crippen LogP contribution in [0.4, 0.5) is 0 Å². The molecule has 2 aromatic heterocycles. The molecule has 1 N–H and O–H groups in total. The summed E-state index contributed by atoms with van der Waals surface area (Å²) in [5.41, 5.74) is 3.25. The van der Waals surface area contributed by atoms with Crippen molar-refractivity contribution in [2.75, 3.05) is 6.54 Å². The first-order valence-electron chi connectivity index (χ1n) is 7.09. The number of likely N-dealkylation sites (N-methyl/N-ethyl adjacent to an activating group) is 1. The van der Waals surface area contributed by atoms with Crippen LogP contribution in [0.2, 0.25) is 0 Å². The van der Waals surface area contributed by atoms with Crippen molar-refractivity contribution in [2.45, 2.75) is 19.4 Å². The normalized spacial score (nSPS) is 12.7. The van der Waals surface area contributed by atoms with E-state index in [1.54, 1.807) is 6.26 Å². The fourth-order valence-electron chi connectivity index (χ4n) is 2.52. The van der Waals surface area contributed by atoms with E-state index in [1.165, 1.54) is 5.39 Å². The molecule has 0 amide bonds. The van der Waals surface area contributed by atoms with Crippen LogP contribution in [0.3, 0.4) is 0 Å². The summed E-state index contributed by atoms with van der Waals surface area (Å²) in [6, 6.07) is 14.6. The maximum Gasteiger partial charge on any atom is 0.173 e. The van der Waals surface area contributed by atoms with Gasteiger partial charge in [0.1, 0.15) is 0 Å². The molecular formula is C17H17BrN2O. The van der Waals surface area contributed by atoms with Gasteiger partial charge in [0.25, 0.3) is 0 Å². The average molecular weight is 345 g/mol. The summed E-state index contributed by atoms with van der Waals surface area (Å²) in [5.74, 6) is 0. The number of nitrogens with zero attached hydrogens (tertiary/aromatic N) is 1.